The lowest BCUT2D eigenvalue weighted by molar-refractivity contribution is -0.132. The Bertz CT molecular complexity index is 553. The van der Waals surface area contributed by atoms with E-state index in [9.17, 15) is 9.90 Å². The van der Waals surface area contributed by atoms with E-state index in [4.69, 9.17) is 4.74 Å². The van der Waals surface area contributed by atoms with Crippen molar-refractivity contribution >= 4 is 5.78 Å². The molecule has 4 rings (SSSR count). The number of methoxy groups -OCH3 is 1. The summed E-state index contributed by atoms with van der Waals surface area (Å²) < 4.78 is 5.62. The molecule has 0 aromatic rings. The summed E-state index contributed by atoms with van der Waals surface area (Å²) in [6.45, 7) is 4.72. The Morgan fingerprint density at radius 2 is 1.96 bits per heavy atom. The maximum atomic E-state index is 12.5. The van der Waals surface area contributed by atoms with Crippen LogP contribution in [0, 0.1) is 28.6 Å². The molecule has 0 aromatic heterocycles. The fourth-order valence-electron chi connectivity index (χ4n) is 6.79. The molecule has 4 aliphatic carbocycles. The number of hydrogen-bond acceptors (Lipinski definition) is 3. The SMILES string of the molecule is CO[C@H]1C(=O)C[C@H]2[C@@H]3CC=C4C[C@@H](O)CC[C@]4(C)[C@@H]3CC[C@]12C. The largest absolute Gasteiger partial charge is 0.393 e. The van der Waals surface area contributed by atoms with Crippen LogP contribution < -0.4 is 0 Å². The first-order chi connectivity index (χ1) is 10.9. The zero-order valence-electron chi connectivity index (χ0n) is 14.7. The highest BCUT2D eigenvalue weighted by Crippen LogP contribution is 2.64. The highest BCUT2D eigenvalue weighted by molar-refractivity contribution is 5.87. The monoisotopic (exact) mass is 318 g/mol. The number of aliphatic hydroxyl groups is 1. The van der Waals surface area contributed by atoms with E-state index < -0.39 is 0 Å². The Balaban J connectivity index is 1.68. The number of fused-ring (bicyclic) bond motifs is 5. The lowest BCUT2D eigenvalue weighted by Gasteiger charge is -2.57. The fourth-order valence-corrected chi connectivity index (χ4v) is 6.79. The third-order valence-corrected chi connectivity index (χ3v) is 8.06. The van der Waals surface area contributed by atoms with Gasteiger partial charge in [0.2, 0.25) is 0 Å². The Kier molecular flexibility index (Phi) is 3.55. The summed E-state index contributed by atoms with van der Waals surface area (Å²) in [4.78, 5) is 12.5. The van der Waals surface area contributed by atoms with E-state index in [1.165, 1.54) is 12.0 Å². The van der Waals surface area contributed by atoms with Gasteiger partial charge in [-0.05, 0) is 61.7 Å². The first kappa shape index (κ1) is 15.8. The number of ketones is 1. The highest BCUT2D eigenvalue weighted by Gasteiger charge is 2.61. The number of aliphatic hydroxyl groups excluding tert-OH is 1. The quantitative estimate of drug-likeness (QED) is 0.753. The molecule has 0 radical (unpaired) electrons. The average molecular weight is 318 g/mol. The molecule has 23 heavy (non-hydrogen) atoms. The van der Waals surface area contributed by atoms with Crippen molar-refractivity contribution in [2.24, 2.45) is 28.6 Å². The summed E-state index contributed by atoms with van der Waals surface area (Å²) in [6.07, 6.45) is 9.07. The van der Waals surface area contributed by atoms with Crippen molar-refractivity contribution in [1.82, 2.24) is 0 Å². The molecule has 0 unspecified atom stereocenters. The van der Waals surface area contributed by atoms with Gasteiger partial charge in [-0.2, -0.15) is 0 Å². The lowest BCUT2D eigenvalue weighted by Crippen LogP contribution is -2.51. The van der Waals surface area contributed by atoms with Gasteiger partial charge in [-0.15, -0.1) is 0 Å². The van der Waals surface area contributed by atoms with Gasteiger partial charge in [0, 0.05) is 18.9 Å². The van der Waals surface area contributed by atoms with E-state index in [-0.39, 0.29) is 23.0 Å². The van der Waals surface area contributed by atoms with E-state index in [0.717, 1.165) is 32.1 Å². The number of hydrogen-bond donors (Lipinski definition) is 1. The van der Waals surface area contributed by atoms with E-state index in [2.05, 4.69) is 19.9 Å². The van der Waals surface area contributed by atoms with Gasteiger partial charge in [0.15, 0.2) is 5.78 Å². The number of rotatable bonds is 1. The van der Waals surface area contributed by atoms with E-state index in [1.807, 2.05) is 0 Å². The van der Waals surface area contributed by atoms with Gasteiger partial charge in [-0.25, -0.2) is 0 Å². The summed E-state index contributed by atoms with van der Waals surface area (Å²) in [7, 11) is 1.70. The summed E-state index contributed by atoms with van der Waals surface area (Å²) in [6, 6.07) is 0. The number of ether oxygens (including phenoxy) is 1. The molecule has 0 aromatic carbocycles. The lowest BCUT2D eigenvalue weighted by atomic mass is 9.48. The van der Waals surface area contributed by atoms with E-state index >= 15 is 0 Å². The summed E-state index contributed by atoms with van der Waals surface area (Å²) in [5.41, 5.74) is 1.77. The molecule has 0 bridgehead atoms. The van der Waals surface area contributed by atoms with Crippen molar-refractivity contribution in [1.29, 1.82) is 0 Å². The minimum absolute atomic E-state index is 0.0306. The molecular formula is C20H30O3. The molecule has 3 saturated carbocycles. The second-order valence-electron chi connectivity index (χ2n) is 8.99. The van der Waals surface area contributed by atoms with Crippen LogP contribution in [0.15, 0.2) is 11.6 Å². The van der Waals surface area contributed by atoms with Crippen LogP contribution in [-0.2, 0) is 9.53 Å². The van der Waals surface area contributed by atoms with Crippen molar-refractivity contribution in [2.45, 2.75) is 71.0 Å². The molecule has 3 nitrogen and oxygen atoms in total. The normalized spacial score (nSPS) is 52.4. The molecule has 0 aliphatic heterocycles. The minimum Gasteiger partial charge on any atom is -0.393 e. The molecule has 7 atom stereocenters. The van der Waals surface area contributed by atoms with E-state index in [1.54, 1.807) is 7.11 Å². The third kappa shape index (κ3) is 2.05. The van der Waals surface area contributed by atoms with Crippen molar-refractivity contribution in [2.75, 3.05) is 7.11 Å². The Labute approximate surface area is 139 Å². The minimum atomic E-state index is -0.195. The Hall–Kier alpha value is -0.670. The van der Waals surface area contributed by atoms with Crippen LogP contribution in [0.4, 0.5) is 0 Å². The zero-order valence-corrected chi connectivity index (χ0v) is 14.7. The predicted molar refractivity (Wildman–Crippen MR) is 88.9 cm³/mol. The highest BCUT2D eigenvalue weighted by atomic mass is 16.5. The number of allylic oxidation sites excluding steroid dienone is 1. The molecule has 0 heterocycles. The molecule has 0 spiro atoms. The maximum Gasteiger partial charge on any atom is 0.162 e. The van der Waals surface area contributed by atoms with Crippen molar-refractivity contribution < 1.29 is 14.6 Å². The van der Waals surface area contributed by atoms with Crippen LogP contribution in [0.5, 0.6) is 0 Å². The van der Waals surface area contributed by atoms with Crippen molar-refractivity contribution in [3.8, 4) is 0 Å². The van der Waals surface area contributed by atoms with Crippen LogP contribution in [0.3, 0.4) is 0 Å². The summed E-state index contributed by atoms with van der Waals surface area (Å²) in [5.74, 6) is 2.08. The van der Waals surface area contributed by atoms with Crippen LogP contribution in [0.25, 0.3) is 0 Å². The van der Waals surface area contributed by atoms with Gasteiger partial charge < -0.3 is 9.84 Å². The molecule has 4 aliphatic rings. The molecule has 128 valence electrons. The molecule has 0 saturated heterocycles. The summed E-state index contributed by atoms with van der Waals surface area (Å²) >= 11 is 0. The third-order valence-electron chi connectivity index (χ3n) is 8.06. The standard InChI is InChI=1S/C20H30O3/c1-19-8-6-13(21)10-12(19)4-5-14-15(19)7-9-20(2)16(14)11-17(22)18(20)23-3/h4,13-16,18,21H,5-11H2,1-3H3/t13-,14+,15+,16-,18-,19-,20-/m0/s1. The average Bonchev–Trinajstić information content (AvgIpc) is 2.77. The van der Waals surface area contributed by atoms with Gasteiger partial charge in [-0.1, -0.05) is 25.5 Å². The summed E-state index contributed by atoms with van der Waals surface area (Å²) in [5, 5.41) is 10.0. The van der Waals surface area contributed by atoms with Crippen LogP contribution in [-0.4, -0.2) is 30.2 Å². The molecular weight excluding hydrogens is 288 g/mol. The number of Topliss-reactive ketones (excluding diaryl/α,β-unsaturated/α-hetero) is 1. The van der Waals surface area contributed by atoms with Crippen LogP contribution in [0.2, 0.25) is 0 Å². The number of carbonyl (C=O) groups is 1. The second-order valence-corrected chi connectivity index (χ2v) is 8.99. The van der Waals surface area contributed by atoms with Crippen LogP contribution >= 0.6 is 0 Å². The van der Waals surface area contributed by atoms with E-state index in [0.29, 0.717) is 30.0 Å². The first-order valence-electron chi connectivity index (χ1n) is 9.33. The van der Waals surface area contributed by atoms with Gasteiger partial charge >= 0.3 is 0 Å². The second kappa shape index (κ2) is 5.16. The van der Waals surface area contributed by atoms with Crippen LogP contribution in [0.1, 0.15) is 58.8 Å². The van der Waals surface area contributed by atoms with Gasteiger partial charge in [-0.3, -0.25) is 4.79 Å². The van der Waals surface area contributed by atoms with Gasteiger partial charge in [0.05, 0.1) is 6.10 Å². The Morgan fingerprint density at radius 3 is 2.70 bits per heavy atom. The topological polar surface area (TPSA) is 46.5 Å². The fraction of sp³-hybridized carbons (Fsp3) is 0.850. The van der Waals surface area contributed by atoms with Crippen molar-refractivity contribution in [3.05, 3.63) is 11.6 Å². The smallest absolute Gasteiger partial charge is 0.162 e. The molecule has 1 N–H and O–H groups in total. The molecule has 0 amide bonds. The first-order valence-corrected chi connectivity index (χ1v) is 9.33. The van der Waals surface area contributed by atoms with Gasteiger partial charge in [0.25, 0.3) is 0 Å². The molecule has 3 fully saturated rings. The Morgan fingerprint density at radius 1 is 1.17 bits per heavy atom. The van der Waals surface area contributed by atoms with Gasteiger partial charge in [0.1, 0.15) is 6.10 Å². The predicted octanol–water partition coefficient (Wildman–Crippen LogP) is 3.50. The molecule has 3 heteroatoms. The maximum absolute atomic E-state index is 12.5. The van der Waals surface area contributed by atoms with Crippen molar-refractivity contribution in [3.63, 3.8) is 0 Å². The number of carbonyl (C=O) groups excluding carboxylic acids is 1. The zero-order chi connectivity index (χ0) is 16.4.